The molecule has 7 nitrogen and oxygen atoms in total. The van der Waals surface area contributed by atoms with E-state index in [4.69, 9.17) is 9.47 Å². The number of halogens is 2. The maximum atomic E-state index is 14.6. The molecule has 1 aromatic heterocycles. The number of nitrogens with one attached hydrogen (secondary N) is 2. The Morgan fingerprint density at radius 2 is 1.89 bits per heavy atom. The van der Waals surface area contributed by atoms with Gasteiger partial charge in [-0.15, -0.1) is 0 Å². The molecular weight excluding hydrogens is 482 g/mol. The number of ether oxygens (including phenoxy) is 2. The summed E-state index contributed by atoms with van der Waals surface area (Å²) in [5, 5.41) is 24.4. The van der Waals surface area contributed by atoms with Crippen LogP contribution in [0, 0.1) is 12.1 Å². The van der Waals surface area contributed by atoms with E-state index in [1.165, 1.54) is 31.4 Å². The third-order valence-corrected chi connectivity index (χ3v) is 5.90. The summed E-state index contributed by atoms with van der Waals surface area (Å²) >= 11 is 0. The molecule has 1 heterocycles. The summed E-state index contributed by atoms with van der Waals surface area (Å²) < 4.78 is 39.4. The van der Waals surface area contributed by atoms with Crippen LogP contribution in [-0.2, 0) is 12.3 Å². The van der Waals surface area contributed by atoms with Crippen molar-refractivity contribution in [3.05, 3.63) is 99.8 Å². The second kappa shape index (κ2) is 11.3. The number of benzene rings is 2. The predicted octanol–water partition coefficient (Wildman–Crippen LogP) is 3.88. The predicted molar refractivity (Wildman–Crippen MR) is 134 cm³/mol. The summed E-state index contributed by atoms with van der Waals surface area (Å²) in [6, 6.07) is 20.5. The van der Waals surface area contributed by atoms with E-state index >= 15 is 0 Å². The van der Waals surface area contributed by atoms with Gasteiger partial charge in [-0.1, -0.05) is 24.3 Å². The normalized spacial score (nSPS) is 12.2. The lowest BCUT2D eigenvalue weighted by Gasteiger charge is -2.19. The van der Waals surface area contributed by atoms with Crippen LogP contribution in [0.5, 0.6) is 17.2 Å². The van der Waals surface area contributed by atoms with Gasteiger partial charge in [-0.2, -0.15) is 8.78 Å². The Hall–Kier alpha value is -4.13. The molecule has 0 bridgehead atoms. The number of alkyl halides is 2. The molecule has 1 unspecified atom stereocenters. The SMILES string of the molecule is COc1c#cccc1C(F)(F)COc1ccc(CCNCC(O)c2ccc(O)c3[nH]c(=O)ccc23)cc1. The zero-order valence-electron chi connectivity index (χ0n) is 20.1. The number of fused-ring (bicyclic) bond motifs is 1. The number of hydrogen-bond donors (Lipinski definition) is 4. The summed E-state index contributed by atoms with van der Waals surface area (Å²) in [5.74, 6) is -3.09. The van der Waals surface area contributed by atoms with Crippen molar-refractivity contribution in [2.45, 2.75) is 18.4 Å². The van der Waals surface area contributed by atoms with Gasteiger partial charge in [-0.05, 0) is 66.6 Å². The fourth-order valence-corrected chi connectivity index (χ4v) is 3.96. The molecule has 0 amide bonds. The molecule has 9 heteroatoms. The molecule has 1 atom stereocenters. The van der Waals surface area contributed by atoms with Gasteiger partial charge in [0.1, 0.15) is 11.5 Å². The van der Waals surface area contributed by atoms with E-state index in [-0.39, 0.29) is 34.7 Å². The van der Waals surface area contributed by atoms with E-state index in [1.807, 2.05) is 0 Å². The molecule has 0 radical (unpaired) electrons. The molecule has 0 aliphatic rings. The smallest absolute Gasteiger partial charge is 0.310 e. The summed E-state index contributed by atoms with van der Waals surface area (Å²) in [6.07, 6.45) is -0.217. The van der Waals surface area contributed by atoms with Crippen LogP contribution < -0.4 is 20.3 Å². The summed E-state index contributed by atoms with van der Waals surface area (Å²) in [4.78, 5) is 14.1. The van der Waals surface area contributed by atoms with Crippen LogP contribution in [0.3, 0.4) is 0 Å². The summed E-state index contributed by atoms with van der Waals surface area (Å²) in [6.45, 7) is -0.0310. The zero-order valence-corrected chi connectivity index (χ0v) is 20.1. The minimum atomic E-state index is -3.27. The third kappa shape index (κ3) is 6.17. The first kappa shape index (κ1) is 25.9. The number of pyridine rings is 1. The van der Waals surface area contributed by atoms with Crippen LogP contribution in [0.2, 0.25) is 0 Å². The molecule has 0 saturated heterocycles. The Morgan fingerprint density at radius 1 is 1.11 bits per heavy atom. The number of aliphatic hydroxyl groups excluding tert-OH is 1. The monoisotopic (exact) mass is 508 g/mol. The molecule has 4 rings (SSSR count). The highest BCUT2D eigenvalue weighted by Crippen LogP contribution is 2.34. The van der Waals surface area contributed by atoms with Crippen LogP contribution in [0.1, 0.15) is 22.8 Å². The van der Waals surface area contributed by atoms with Gasteiger partial charge < -0.3 is 30.0 Å². The van der Waals surface area contributed by atoms with Crippen molar-refractivity contribution in [3.63, 3.8) is 0 Å². The van der Waals surface area contributed by atoms with Crippen LogP contribution >= 0.6 is 0 Å². The number of aromatic nitrogens is 1. The molecule has 0 saturated carbocycles. The maximum absolute atomic E-state index is 14.6. The van der Waals surface area contributed by atoms with Crippen molar-refractivity contribution in [1.82, 2.24) is 10.3 Å². The maximum Gasteiger partial charge on any atom is 0.310 e. The Balaban J connectivity index is 1.27. The Morgan fingerprint density at radius 3 is 2.65 bits per heavy atom. The lowest BCUT2D eigenvalue weighted by molar-refractivity contribution is -0.0483. The Kier molecular flexibility index (Phi) is 7.92. The number of aromatic hydroxyl groups is 1. The molecule has 0 spiro atoms. The first-order valence-corrected chi connectivity index (χ1v) is 11.6. The van der Waals surface area contributed by atoms with Gasteiger partial charge >= 0.3 is 5.92 Å². The molecule has 3 aromatic carbocycles. The number of phenolic OH excluding ortho intramolecular Hbond substituents is 1. The minimum Gasteiger partial charge on any atom is -0.506 e. The van der Waals surface area contributed by atoms with Crippen LogP contribution in [0.25, 0.3) is 10.9 Å². The molecular formula is C28H26F2N2O5. The largest absolute Gasteiger partial charge is 0.506 e. The molecule has 192 valence electrons. The second-order valence-corrected chi connectivity index (χ2v) is 8.44. The van der Waals surface area contributed by atoms with Crippen molar-refractivity contribution in [2.75, 3.05) is 26.8 Å². The number of aromatic amines is 1. The second-order valence-electron chi connectivity index (χ2n) is 8.44. The van der Waals surface area contributed by atoms with Crippen LogP contribution in [-0.4, -0.2) is 42.0 Å². The standard InChI is InChI=1S/C28H26F2N2O5/c1-36-25-5-3-2-4-22(25)28(29,30)17-37-19-8-6-18(7-9-19)14-15-31-16-24(34)20-10-12-23(33)27-21(20)11-13-26(35)32-27/h2,4,6-13,24,31,33-34H,14-17H2,1H3,(H,32,35). The van der Waals surface area contributed by atoms with E-state index in [0.29, 0.717) is 29.7 Å². The molecule has 4 N–H and O–H groups in total. The Labute approximate surface area is 212 Å². The fourth-order valence-electron chi connectivity index (χ4n) is 3.96. The average Bonchev–Trinajstić information content (AvgIpc) is 2.91. The fraction of sp³-hybridized carbons (Fsp3) is 0.250. The number of phenols is 1. The zero-order chi connectivity index (χ0) is 26.4. The van der Waals surface area contributed by atoms with Crippen molar-refractivity contribution in [2.24, 2.45) is 0 Å². The highest BCUT2D eigenvalue weighted by molar-refractivity contribution is 5.87. The highest BCUT2D eigenvalue weighted by atomic mass is 19.3. The highest BCUT2D eigenvalue weighted by Gasteiger charge is 2.36. The van der Waals surface area contributed by atoms with Gasteiger partial charge in [0.15, 0.2) is 12.4 Å². The van der Waals surface area contributed by atoms with E-state index in [9.17, 15) is 23.8 Å². The van der Waals surface area contributed by atoms with Gasteiger partial charge in [0.2, 0.25) is 5.56 Å². The van der Waals surface area contributed by atoms with Crippen LogP contribution in [0.15, 0.2) is 65.5 Å². The third-order valence-electron chi connectivity index (χ3n) is 5.90. The quantitative estimate of drug-likeness (QED) is 0.229. The summed E-state index contributed by atoms with van der Waals surface area (Å²) in [7, 11) is 1.30. The van der Waals surface area contributed by atoms with E-state index in [0.717, 1.165) is 5.56 Å². The van der Waals surface area contributed by atoms with Crippen molar-refractivity contribution < 1.29 is 28.5 Å². The van der Waals surface area contributed by atoms with Gasteiger partial charge in [-0.25, -0.2) is 0 Å². The first-order chi connectivity index (χ1) is 17.8. The van der Waals surface area contributed by atoms with Gasteiger partial charge in [0, 0.05) is 18.0 Å². The summed E-state index contributed by atoms with van der Waals surface area (Å²) in [5.41, 5.74) is 1.17. The average molecular weight is 509 g/mol. The number of rotatable bonds is 11. The van der Waals surface area contributed by atoms with E-state index < -0.39 is 18.6 Å². The van der Waals surface area contributed by atoms with Crippen LogP contribution in [0.4, 0.5) is 8.78 Å². The molecule has 4 aromatic rings. The number of aliphatic hydroxyl groups is 1. The first-order valence-electron chi connectivity index (χ1n) is 11.6. The van der Waals surface area contributed by atoms with Crippen molar-refractivity contribution in [1.29, 1.82) is 0 Å². The van der Waals surface area contributed by atoms with Gasteiger partial charge in [-0.3, -0.25) is 4.79 Å². The molecule has 0 aliphatic heterocycles. The van der Waals surface area contributed by atoms with Gasteiger partial charge in [0.05, 0.1) is 24.3 Å². The molecule has 0 fully saturated rings. The van der Waals surface area contributed by atoms with Crippen molar-refractivity contribution in [3.8, 4) is 17.2 Å². The lowest BCUT2D eigenvalue weighted by atomic mass is 10.0. The number of H-pyrrole nitrogens is 1. The van der Waals surface area contributed by atoms with Gasteiger partial charge in [0.25, 0.3) is 0 Å². The minimum absolute atomic E-state index is 0.0651. The Bertz CT molecular complexity index is 1410. The lowest BCUT2D eigenvalue weighted by Crippen LogP contribution is -2.24. The molecule has 37 heavy (non-hydrogen) atoms. The topological polar surface area (TPSA) is 104 Å². The van der Waals surface area contributed by atoms with E-state index in [2.05, 4.69) is 22.4 Å². The number of hydrogen-bond acceptors (Lipinski definition) is 6. The van der Waals surface area contributed by atoms with Crippen molar-refractivity contribution >= 4 is 10.9 Å². The molecule has 0 aliphatic carbocycles. The number of methoxy groups -OCH3 is 1. The van der Waals surface area contributed by atoms with E-state index in [1.54, 1.807) is 36.4 Å².